The summed E-state index contributed by atoms with van der Waals surface area (Å²) in [6.45, 7) is 3.42. The van der Waals surface area contributed by atoms with E-state index in [4.69, 9.17) is 0 Å². The molecule has 1 aliphatic rings. The summed E-state index contributed by atoms with van der Waals surface area (Å²) in [6, 6.07) is 0.158. The van der Waals surface area contributed by atoms with Gasteiger partial charge in [0.1, 0.15) is 0 Å². The maximum absolute atomic E-state index is 11.7. The van der Waals surface area contributed by atoms with Gasteiger partial charge in [-0.2, -0.15) is 0 Å². The highest BCUT2D eigenvalue weighted by molar-refractivity contribution is 5.89. The summed E-state index contributed by atoms with van der Waals surface area (Å²) in [4.78, 5) is 24.8. The minimum absolute atomic E-state index is 0.00962. The van der Waals surface area contributed by atoms with Crippen molar-refractivity contribution in [1.82, 2.24) is 15.5 Å². The van der Waals surface area contributed by atoms with Crippen molar-refractivity contribution in [3.8, 4) is 0 Å². The summed E-state index contributed by atoms with van der Waals surface area (Å²) < 4.78 is 0. The topological polar surface area (TPSA) is 61.4 Å². The van der Waals surface area contributed by atoms with Crippen LogP contribution in [0.1, 0.15) is 19.8 Å². The van der Waals surface area contributed by atoms with E-state index in [9.17, 15) is 9.59 Å². The second kappa shape index (κ2) is 5.84. The molecular formula is C11H21N3O2. The van der Waals surface area contributed by atoms with Crippen molar-refractivity contribution < 1.29 is 9.59 Å². The summed E-state index contributed by atoms with van der Waals surface area (Å²) in [5, 5.41) is 5.61. The molecule has 5 nitrogen and oxygen atoms in total. The Labute approximate surface area is 96.6 Å². The lowest BCUT2D eigenvalue weighted by molar-refractivity contribution is -0.127. The first kappa shape index (κ1) is 13.0. The van der Waals surface area contributed by atoms with E-state index in [2.05, 4.69) is 15.5 Å². The lowest BCUT2D eigenvalue weighted by Crippen LogP contribution is -2.39. The van der Waals surface area contributed by atoms with E-state index in [0.717, 1.165) is 13.0 Å². The second-order valence-corrected chi connectivity index (χ2v) is 4.71. The molecule has 0 aromatic rings. The lowest BCUT2D eigenvalue weighted by atomic mass is 10.1. The fraction of sp³-hybridized carbons (Fsp3) is 0.818. The van der Waals surface area contributed by atoms with Crippen LogP contribution in [0.2, 0.25) is 0 Å². The minimum Gasteiger partial charge on any atom is -0.355 e. The van der Waals surface area contributed by atoms with Gasteiger partial charge in [-0.05, 0) is 34.0 Å². The van der Waals surface area contributed by atoms with Gasteiger partial charge < -0.3 is 15.5 Å². The Kier molecular flexibility index (Phi) is 4.73. The van der Waals surface area contributed by atoms with Gasteiger partial charge in [0.05, 0.1) is 5.92 Å². The number of hydrogen-bond acceptors (Lipinski definition) is 3. The summed E-state index contributed by atoms with van der Waals surface area (Å²) in [5.41, 5.74) is 0. The number of rotatable bonds is 5. The first-order valence-corrected chi connectivity index (χ1v) is 5.71. The van der Waals surface area contributed by atoms with Gasteiger partial charge in [0.15, 0.2) is 0 Å². The van der Waals surface area contributed by atoms with Gasteiger partial charge >= 0.3 is 0 Å². The maximum atomic E-state index is 11.7. The largest absolute Gasteiger partial charge is 0.355 e. The Hall–Kier alpha value is -1.10. The number of nitrogens with zero attached hydrogens (tertiary/aromatic N) is 1. The third kappa shape index (κ3) is 4.18. The van der Waals surface area contributed by atoms with Crippen molar-refractivity contribution in [2.24, 2.45) is 5.92 Å². The van der Waals surface area contributed by atoms with Crippen molar-refractivity contribution in [2.45, 2.75) is 25.8 Å². The predicted molar refractivity (Wildman–Crippen MR) is 61.9 cm³/mol. The predicted octanol–water partition coefficient (Wildman–Crippen LogP) is -0.421. The van der Waals surface area contributed by atoms with Gasteiger partial charge in [-0.15, -0.1) is 0 Å². The number of amides is 2. The third-order valence-electron chi connectivity index (χ3n) is 2.75. The highest BCUT2D eigenvalue weighted by atomic mass is 16.2. The zero-order chi connectivity index (χ0) is 12.1. The molecule has 0 bridgehead atoms. The maximum Gasteiger partial charge on any atom is 0.225 e. The van der Waals surface area contributed by atoms with Crippen LogP contribution in [0, 0.1) is 5.92 Å². The molecule has 0 saturated carbocycles. The molecule has 1 aliphatic heterocycles. The Balaban J connectivity index is 2.25. The van der Waals surface area contributed by atoms with Crippen LogP contribution in [0.5, 0.6) is 0 Å². The molecule has 0 aliphatic carbocycles. The highest BCUT2D eigenvalue weighted by Gasteiger charge is 2.28. The van der Waals surface area contributed by atoms with E-state index in [1.165, 1.54) is 0 Å². The molecule has 0 radical (unpaired) electrons. The Morgan fingerprint density at radius 2 is 2.31 bits per heavy atom. The average molecular weight is 227 g/mol. The highest BCUT2D eigenvalue weighted by Crippen LogP contribution is 2.09. The lowest BCUT2D eigenvalue weighted by Gasteiger charge is -2.18. The average Bonchev–Trinajstić information content (AvgIpc) is 2.62. The second-order valence-electron chi connectivity index (χ2n) is 4.71. The molecule has 5 heteroatoms. The number of carbonyl (C=O) groups excluding carboxylic acids is 2. The number of carbonyl (C=O) groups is 2. The molecular weight excluding hydrogens is 206 g/mol. The molecule has 1 saturated heterocycles. The zero-order valence-corrected chi connectivity index (χ0v) is 10.2. The van der Waals surface area contributed by atoms with E-state index in [1.54, 1.807) is 0 Å². The van der Waals surface area contributed by atoms with Crippen LogP contribution in [-0.2, 0) is 9.59 Å². The smallest absolute Gasteiger partial charge is 0.225 e. The summed E-state index contributed by atoms with van der Waals surface area (Å²) >= 11 is 0. The summed E-state index contributed by atoms with van der Waals surface area (Å²) in [6.07, 6.45) is 1.25. The van der Waals surface area contributed by atoms with Crippen molar-refractivity contribution >= 4 is 11.8 Å². The molecule has 0 spiro atoms. The van der Waals surface area contributed by atoms with E-state index < -0.39 is 0 Å². The Morgan fingerprint density at radius 3 is 2.81 bits per heavy atom. The minimum atomic E-state index is -0.186. The number of hydrogen-bond donors (Lipinski definition) is 2. The molecule has 1 heterocycles. The summed E-state index contributed by atoms with van der Waals surface area (Å²) in [5.74, 6) is -0.222. The first-order chi connectivity index (χ1) is 7.49. The fourth-order valence-electron chi connectivity index (χ4n) is 1.68. The van der Waals surface area contributed by atoms with Crippen LogP contribution >= 0.6 is 0 Å². The van der Waals surface area contributed by atoms with Gasteiger partial charge in [0.25, 0.3) is 0 Å². The molecule has 2 amide bonds. The van der Waals surface area contributed by atoms with Crippen LogP contribution in [-0.4, -0.2) is 49.9 Å². The normalized spacial score (nSPS) is 22.0. The molecule has 92 valence electrons. The Morgan fingerprint density at radius 1 is 1.62 bits per heavy atom. The third-order valence-corrected chi connectivity index (χ3v) is 2.75. The van der Waals surface area contributed by atoms with Crippen molar-refractivity contribution in [3.63, 3.8) is 0 Å². The monoisotopic (exact) mass is 227 g/mol. The molecule has 2 unspecified atom stereocenters. The molecule has 2 N–H and O–H groups in total. The van der Waals surface area contributed by atoms with Crippen LogP contribution < -0.4 is 10.6 Å². The Bertz CT molecular complexity index is 266. The SMILES string of the molecule is CC(CCN(C)C)NC(=O)C1CNC(=O)C1. The van der Waals surface area contributed by atoms with Crippen molar-refractivity contribution in [2.75, 3.05) is 27.2 Å². The molecule has 1 rings (SSSR count). The van der Waals surface area contributed by atoms with Gasteiger partial charge in [-0.1, -0.05) is 0 Å². The van der Waals surface area contributed by atoms with Gasteiger partial charge in [0, 0.05) is 19.0 Å². The quantitative estimate of drug-likeness (QED) is 0.670. The van der Waals surface area contributed by atoms with Crippen LogP contribution in [0.25, 0.3) is 0 Å². The zero-order valence-electron chi connectivity index (χ0n) is 10.2. The molecule has 16 heavy (non-hydrogen) atoms. The number of nitrogens with one attached hydrogen (secondary N) is 2. The van der Waals surface area contributed by atoms with Crippen LogP contribution in [0.3, 0.4) is 0 Å². The molecule has 1 fully saturated rings. The van der Waals surface area contributed by atoms with E-state index in [0.29, 0.717) is 13.0 Å². The van der Waals surface area contributed by atoms with Crippen LogP contribution in [0.15, 0.2) is 0 Å². The van der Waals surface area contributed by atoms with Crippen molar-refractivity contribution in [1.29, 1.82) is 0 Å². The van der Waals surface area contributed by atoms with E-state index >= 15 is 0 Å². The molecule has 0 aromatic heterocycles. The van der Waals surface area contributed by atoms with Gasteiger partial charge in [-0.3, -0.25) is 9.59 Å². The van der Waals surface area contributed by atoms with Crippen LogP contribution in [0.4, 0.5) is 0 Å². The van der Waals surface area contributed by atoms with E-state index in [1.807, 2.05) is 21.0 Å². The van der Waals surface area contributed by atoms with Gasteiger partial charge in [-0.25, -0.2) is 0 Å². The molecule has 2 atom stereocenters. The van der Waals surface area contributed by atoms with E-state index in [-0.39, 0.29) is 23.8 Å². The first-order valence-electron chi connectivity index (χ1n) is 5.71. The molecule has 0 aromatic carbocycles. The summed E-state index contributed by atoms with van der Waals surface area (Å²) in [7, 11) is 4.02. The fourth-order valence-corrected chi connectivity index (χ4v) is 1.68. The van der Waals surface area contributed by atoms with Gasteiger partial charge in [0.2, 0.25) is 11.8 Å². The van der Waals surface area contributed by atoms with Crippen molar-refractivity contribution in [3.05, 3.63) is 0 Å². The standard InChI is InChI=1S/C11H21N3O2/c1-8(4-5-14(2)3)13-11(16)9-6-10(15)12-7-9/h8-9H,4-7H2,1-3H3,(H,12,15)(H,13,16).